The lowest BCUT2D eigenvalue weighted by Crippen LogP contribution is -2.07. The molecule has 1 rings (SSSR count). The Morgan fingerprint density at radius 1 is 1.15 bits per heavy atom. The second kappa shape index (κ2) is 4.01. The first-order valence-electron chi connectivity index (χ1n) is 4.44. The molecular formula is C11H15ClO. The molecule has 1 nitrogen and oxygen atoms in total. The van der Waals surface area contributed by atoms with Gasteiger partial charge in [-0.1, -0.05) is 11.6 Å². The zero-order valence-electron chi connectivity index (χ0n) is 8.52. The highest BCUT2D eigenvalue weighted by Crippen LogP contribution is 2.27. The van der Waals surface area contributed by atoms with E-state index in [0.29, 0.717) is 0 Å². The topological polar surface area (TPSA) is 9.23 Å². The molecule has 0 heterocycles. The van der Waals surface area contributed by atoms with Gasteiger partial charge in [-0.25, -0.2) is 0 Å². The summed E-state index contributed by atoms with van der Waals surface area (Å²) in [5.41, 5.74) is 2.19. The highest BCUT2D eigenvalue weighted by Gasteiger charge is 2.06. The van der Waals surface area contributed by atoms with Gasteiger partial charge in [-0.2, -0.15) is 0 Å². The molecule has 0 amide bonds. The first kappa shape index (κ1) is 10.4. The minimum atomic E-state index is 0.207. The van der Waals surface area contributed by atoms with Crippen LogP contribution in [0.2, 0.25) is 5.02 Å². The SMILES string of the molecule is Cc1cc(Cl)cc(C)c1OC(C)C. The minimum Gasteiger partial charge on any atom is -0.490 e. The molecule has 1 aromatic rings. The van der Waals surface area contributed by atoms with Gasteiger partial charge in [0.1, 0.15) is 5.75 Å². The van der Waals surface area contributed by atoms with Gasteiger partial charge < -0.3 is 4.74 Å². The molecule has 0 unspecified atom stereocenters. The molecule has 1 aromatic carbocycles. The van der Waals surface area contributed by atoms with Crippen LogP contribution in [0.1, 0.15) is 25.0 Å². The van der Waals surface area contributed by atoms with Gasteiger partial charge in [-0.3, -0.25) is 0 Å². The number of aryl methyl sites for hydroxylation is 2. The van der Waals surface area contributed by atoms with E-state index in [4.69, 9.17) is 16.3 Å². The minimum absolute atomic E-state index is 0.207. The van der Waals surface area contributed by atoms with E-state index < -0.39 is 0 Å². The van der Waals surface area contributed by atoms with Crippen molar-refractivity contribution in [2.24, 2.45) is 0 Å². The summed E-state index contributed by atoms with van der Waals surface area (Å²) in [7, 11) is 0. The molecule has 0 radical (unpaired) electrons. The van der Waals surface area contributed by atoms with E-state index in [1.165, 1.54) is 0 Å². The number of hydrogen-bond donors (Lipinski definition) is 0. The lowest BCUT2D eigenvalue weighted by molar-refractivity contribution is 0.239. The second-order valence-corrected chi connectivity index (χ2v) is 3.97. The number of ether oxygens (including phenoxy) is 1. The molecule has 0 saturated heterocycles. The van der Waals surface area contributed by atoms with E-state index in [-0.39, 0.29) is 6.10 Å². The smallest absolute Gasteiger partial charge is 0.125 e. The maximum absolute atomic E-state index is 5.90. The van der Waals surface area contributed by atoms with Crippen LogP contribution in [-0.2, 0) is 0 Å². The summed E-state index contributed by atoms with van der Waals surface area (Å²) < 4.78 is 5.67. The van der Waals surface area contributed by atoms with Gasteiger partial charge in [0.25, 0.3) is 0 Å². The Morgan fingerprint density at radius 2 is 1.62 bits per heavy atom. The highest BCUT2D eigenvalue weighted by molar-refractivity contribution is 6.30. The van der Waals surface area contributed by atoms with Crippen molar-refractivity contribution < 1.29 is 4.74 Å². The van der Waals surface area contributed by atoms with Crippen molar-refractivity contribution in [1.82, 2.24) is 0 Å². The summed E-state index contributed by atoms with van der Waals surface area (Å²) in [5.74, 6) is 0.958. The van der Waals surface area contributed by atoms with E-state index in [2.05, 4.69) is 0 Å². The van der Waals surface area contributed by atoms with Crippen LogP contribution in [0.5, 0.6) is 5.75 Å². The average molecular weight is 199 g/mol. The fourth-order valence-electron chi connectivity index (χ4n) is 1.32. The van der Waals surface area contributed by atoms with Crippen molar-refractivity contribution in [2.75, 3.05) is 0 Å². The van der Waals surface area contributed by atoms with E-state index in [0.717, 1.165) is 21.9 Å². The molecule has 0 aliphatic carbocycles. The average Bonchev–Trinajstić information content (AvgIpc) is 1.96. The monoisotopic (exact) mass is 198 g/mol. The van der Waals surface area contributed by atoms with Gasteiger partial charge in [0.2, 0.25) is 0 Å². The quantitative estimate of drug-likeness (QED) is 0.704. The van der Waals surface area contributed by atoms with Crippen molar-refractivity contribution in [1.29, 1.82) is 0 Å². The van der Waals surface area contributed by atoms with Gasteiger partial charge in [-0.15, -0.1) is 0 Å². The van der Waals surface area contributed by atoms with Crippen LogP contribution in [0.25, 0.3) is 0 Å². The molecule has 13 heavy (non-hydrogen) atoms. The maximum Gasteiger partial charge on any atom is 0.125 e. The Bertz CT molecular complexity index is 282. The van der Waals surface area contributed by atoms with Crippen LogP contribution in [0, 0.1) is 13.8 Å². The Balaban J connectivity index is 3.06. The molecule has 0 bridgehead atoms. The van der Waals surface area contributed by atoms with E-state index >= 15 is 0 Å². The largest absolute Gasteiger partial charge is 0.490 e. The number of rotatable bonds is 2. The van der Waals surface area contributed by atoms with E-state index in [1.54, 1.807) is 0 Å². The van der Waals surface area contributed by atoms with Crippen LogP contribution in [0.3, 0.4) is 0 Å². The van der Waals surface area contributed by atoms with Gasteiger partial charge in [0.05, 0.1) is 6.10 Å². The first-order valence-corrected chi connectivity index (χ1v) is 4.82. The summed E-state index contributed by atoms with van der Waals surface area (Å²) in [6.07, 6.45) is 0.207. The molecule has 0 aliphatic heterocycles. The molecule has 0 spiro atoms. The normalized spacial score (nSPS) is 10.6. The van der Waals surface area contributed by atoms with Crippen molar-refractivity contribution in [2.45, 2.75) is 33.8 Å². The summed E-state index contributed by atoms with van der Waals surface area (Å²) in [4.78, 5) is 0. The Labute approximate surface area is 84.7 Å². The van der Waals surface area contributed by atoms with E-state index in [1.807, 2.05) is 39.8 Å². The number of benzene rings is 1. The molecule has 0 saturated carbocycles. The molecule has 0 aliphatic rings. The van der Waals surface area contributed by atoms with Crippen LogP contribution in [0.15, 0.2) is 12.1 Å². The second-order valence-electron chi connectivity index (χ2n) is 3.54. The molecule has 2 heteroatoms. The van der Waals surface area contributed by atoms with Crippen molar-refractivity contribution >= 4 is 11.6 Å². The summed E-state index contributed by atoms with van der Waals surface area (Å²) in [6.45, 7) is 8.06. The van der Waals surface area contributed by atoms with Crippen molar-refractivity contribution in [3.8, 4) is 5.75 Å². The standard InChI is InChI=1S/C11H15ClO/c1-7(2)13-11-8(3)5-10(12)6-9(11)4/h5-7H,1-4H3. The zero-order valence-corrected chi connectivity index (χ0v) is 9.27. The summed E-state index contributed by atoms with van der Waals surface area (Å²) in [6, 6.07) is 3.85. The van der Waals surface area contributed by atoms with Gasteiger partial charge in [-0.05, 0) is 51.0 Å². The Hall–Kier alpha value is -0.690. The fourth-order valence-corrected chi connectivity index (χ4v) is 1.65. The predicted molar refractivity (Wildman–Crippen MR) is 56.7 cm³/mol. The third kappa shape index (κ3) is 2.63. The highest BCUT2D eigenvalue weighted by atomic mass is 35.5. The maximum atomic E-state index is 5.90. The van der Waals surface area contributed by atoms with E-state index in [9.17, 15) is 0 Å². The third-order valence-electron chi connectivity index (χ3n) is 1.78. The lowest BCUT2D eigenvalue weighted by atomic mass is 10.1. The van der Waals surface area contributed by atoms with Crippen LogP contribution in [0.4, 0.5) is 0 Å². The van der Waals surface area contributed by atoms with Gasteiger partial charge in [0, 0.05) is 5.02 Å². The van der Waals surface area contributed by atoms with Crippen molar-refractivity contribution in [3.05, 3.63) is 28.3 Å². The molecule has 0 N–H and O–H groups in total. The lowest BCUT2D eigenvalue weighted by Gasteiger charge is -2.15. The van der Waals surface area contributed by atoms with Crippen LogP contribution >= 0.6 is 11.6 Å². The Kier molecular flexibility index (Phi) is 3.21. The van der Waals surface area contributed by atoms with Gasteiger partial charge in [0.15, 0.2) is 0 Å². The summed E-state index contributed by atoms with van der Waals surface area (Å²) in [5, 5.41) is 0.770. The molecule has 0 aromatic heterocycles. The fraction of sp³-hybridized carbons (Fsp3) is 0.455. The zero-order chi connectivity index (χ0) is 10.0. The predicted octanol–water partition coefficient (Wildman–Crippen LogP) is 3.74. The number of hydrogen-bond acceptors (Lipinski definition) is 1. The molecular weight excluding hydrogens is 184 g/mol. The van der Waals surface area contributed by atoms with Gasteiger partial charge >= 0.3 is 0 Å². The molecule has 72 valence electrons. The Morgan fingerprint density at radius 3 is 2.00 bits per heavy atom. The third-order valence-corrected chi connectivity index (χ3v) is 2.00. The molecule has 0 fully saturated rings. The summed E-state index contributed by atoms with van der Waals surface area (Å²) >= 11 is 5.90. The molecule has 0 atom stereocenters. The first-order chi connectivity index (χ1) is 6.00. The van der Waals surface area contributed by atoms with Crippen LogP contribution in [-0.4, -0.2) is 6.10 Å². The van der Waals surface area contributed by atoms with Crippen molar-refractivity contribution in [3.63, 3.8) is 0 Å². The van der Waals surface area contributed by atoms with Crippen LogP contribution < -0.4 is 4.74 Å². The number of halogens is 1.